The van der Waals surface area contributed by atoms with E-state index in [0.717, 1.165) is 5.56 Å². The van der Waals surface area contributed by atoms with Crippen molar-refractivity contribution >= 4 is 29.6 Å². The highest BCUT2D eigenvalue weighted by atomic mass is 35.5. The van der Waals surface area contributed by atoms with E-state index in [4.69, 9.17) is 21.1 Å². The van der Waals surface area contributed by atoms with Gasteiger partial charge in [0.1, 0.15) is 5.57 Å². The average Bonchev–Trinajstić information content (AvgIpc) is 2.51. The third kappa shape index (κ3) is 3.44. The number of halogens is 1. The van der Waals surface area contributed by atoms with Crippen LogP contribution < -0.4 is 0 Å². The van der Waals surface area contributed by atoms with E-state index in [0.29, 0.717) is 16.4 Å². The van der Waals surface area contributed by atoms with Gasteiger partial charge in [0, 0.05) is 19.4 Å². The molecule has 1 saturated heterocycles. The van der Waals surface area contributed by atoms with Gasteiger partial charge in [-0.1, -0.05) is 35.9 Å². The normalized spacial score (nSPS) is 16.4. The van der Waals surface area contributed by atoms with Crippen LogP contribution in [0.4, 0.5) is 0 Å². The zero-order valence-electron chi connectivity index (χ0n) is 12.9. The van der Waals surface area contributed by atoms with Crippen molar-refractivity contribution in [1.29, 1.82) is 0 Å². The number of hydrogen-bond donors (Lipinski definition) is 0. The molecule has 0 amide bonds. The standard InChI is InChI=1S/C17H13ClN2O4/c1-17(2)23-15(21)12(16(22)24-17)9-10-3-5-11(6-4-10)13-7-8-14(18)20-19-13/h3-9H,1-2H3. The lowest BCUT2D eigenvalue weighted by atomic mass is 10.1. The fraction of sp³-hybridized carbons (Fsp3) is 0.176. The fourth-order valence-electron chi connectivity index (χ4n) is 2.17. The number of nitrogens with zero attached hydrogens (tertiary/aromatic N) is 2. The minimum atomic E-state index is -1.25. The lowest BCUT2D eigenvalue weighted by molar-refractivity contribution is -0.222. The molecule has 1 aromatic carbocycles. The van der Waals surface area contributed by atoms with E-state index < -0.39 is 17.7 Å². The van der Waals surface area contributed by atoms with Crippen LogP contribution in [-0.2, 0) is 19.1 Å². The first-order valence-corrected chi connectivity index (χ1v) is 7.50. The zero-order chi connectivity index (χ0) is 17.3. The molecule has 0 aliphatic carbocycles. The van der Waals surface area contributed by atoms with Crippen LogP contribution in [0.3, 0.4) is 0 Å². The Balaban J connectivity index is 1.85. The molecule has 3 rings (SSSR count). The molecule has 7 heteroatoms. The highest BCUT2D eigenvalue weighted by Gasteiger charge is 2.38. The van der Waals surface area contributed by atoms with Gasteiger partial charge in [-0.05, 0) is 23.8 Å². The molecule has 0 N–H and O–H groups in total. The fourth-order valence-corrected chi connectivity index (χ4v) is 2.27. The van der Waals surface area contributed by atoms with Crippen molar-refractivity contribution in [2.24, 2.45) is 0 Å². The van der Waals surface area contributed by atoms with E-state index in [2.05, 4.69) is 10.2 Å². The van der Waals surface area contributed by atoms with Gasteiger partial charge in [0.15, 0.2) is 5.15 Å². The summed E-state index contributed by atoms with van der Waals surface area (Å²) in [5, 5.41) is 8.09. The van der Waals surface area contributed by atoms with Crippen LogP contribution in [0.1, 0.15) is 19.4 Å². The van der Waals surface area contributed by atoms with Crippen molar-refractivity contribution in [3.63, 3.8) is 0 Å². The number of cyclic esters (lactones) is 2. The molecular formula is C17H13ClN2O4. The molecule has 2 aromatic rings. The second kappa shape index (κ2) is 6.05. The molecule has 1 fully saturated rings. The summed E-state index contributed by atoms with van der Waals surface area (Å²) in [4.78, 5) is 23.8. The number of carbonyl (C=O) groups is 2. The molecule has 0 atom stereocenters. The third-order valence-corrected chi connectivity index (χ3v) is 3.47. The predicted molar refractivity (Wildman–Crippen MR) is 86.7 cm³/mol. The van der Waals surface area contributed by atoms with Gasteiger partial charge in [-0.15, -0.1) is 10.2 Å². The van der Waals surface area contributed by atoms with Crippen molar-refractivity contribution < 1.29 is 19.1 Å². The first kappa shape index (κ1) is 16.1. The number of benzene rings is 1. The van der Waals surface area contributed by atoms with Gasteiger partial charge in [0.05, 0.1) is 5.69 Å². The maximum atomic E-state index is 11.9. The second-order valence-corrected chi connectivity index (χ2v) is 5.99. The van der Waals surface area contributed by atoms with Crippen molar-refractivity contribution in [3.05, 3.63) is 52.7 Å². The van der Waals surface area contributed by atoms with E-state index in [1.165, 1.54) is 19.9 Å². The lowest BCUT2D eigenvalue weighted by Gasteiger charge is -2.29. The van der Waals surface area contributed by atoms with Gasteiger partial charge in [-0.25, -0.2) is 9.59 Å². The SMILES string of the molecule is CC1(C)OC(=O)C(=Cc2ccc(-c3ccc(Cl)nn3)cc2)C(=O)O1. The van der Waals surface area contributed by atoms with Crippen molar-refractivity contribution in [2.75, 3.05) is 0 Å². The monoisotopic (exact) mass is 344 g/mol. The molecule has 1 aliphatic rings. The lowest BCUT2D eigenvalue weighted by Crippen LogP contribution is -2.41. The zero-order valence-corrected chi connectivity index (χ0v) is 13.7. The maximum Gasteiger partial charge on any atom is 0.348 e. The van der Waals surface area contributed by atoms with E-state index in [9.17, 15) is 9.59 Å². The summed E-state index contributed by atoms with van der Waals surface area (Å²) in [5.74, 6) is -2.66. The largest absolute Gasteiger partial charge is 0.419 e. The number of esters is 2. The highest BCUT2D eigenvalue weighted by molar-refractivity contribution is 6.29. The Morgan fingerprint density at radius 3 is 2.12 bits per heavy atom. The van der Waals surface area contributed by atoms with Crippen LogP contribution in [0.15, 0.2) is 42.0 Å². The molecule has 0 unspecified atom stereocenters. The van der Waals surface area contributed by atoms with Gasteiger partial charge in [0.25, 0.3) is 5.79 Å². The van der Waals surface area contributed by atoms with Crippen LogP contribution in [0.2, 0.25) is 5.15 Å². The quantitative estimate of drug-likeness (QED) is 0.473. The molecule has 1 aliphatic heterocycles. The summed E-state index contributed by atoms with van der Waals surface area (Å²) in [7, 11) is 0. The minimum Gasteiger partial charge on any atom is -0.419 e. The molecule has 0 bridgehead atoms. The van der Waals surface area contributed by atoms with Crippen molar-refractivity contribution in [1.82, 2.24) is 10.2 Å². The molecule has 0 spiro atoms. The van der Waals surface area contributed by atoms with E-state index in [1.807, 2.05) is 0 Å². The van der Waals surface area contributed by atoms with Crippen LogP contribution in [-0.4, -0.2) is 27.9 Å². The maximum absolute atomic E-state index is 11.9. The molecule has 122 valence electrons. The van der Waals surface area contributed by atoms with E-state index >= 15 is 0 Å². The number of ether oxygens (including phenoxy) is 2. The summed E-state index contributed by atoms with van der Waals surface area (Å²) in [5.41, 5.74) is 2.01. The van der Waals surface area contributed by atoms with E-state index in [1.54, 1.807) is 36.4 Å². The van der Waals surface area contributed by atoms with Gasteiger partial charge in [0.2, 0.25) is 0 Å². The Kier molecular flexibility index (Phi) is 4.07. The molecule has 6 nitrogen and oxygen atoms in total. The van der Waals surface area contributed by atoms with Crippen LogP contribution in [0, 0.1) is 0 Å². The molecule has 0 saturated carbocycles. The number of carbonyl (C=O) groups excluding carboxylic acids is 2. The van der Waals surface area contributed by atoms with Crippen molar-refractivity contribution in [2.45, 2.75) is 19.6 Å². The third-order valence-electron chi connectivity index (χ3n) is 3.27. The Morgan fingerprint density at radius 1 is 0.958 bits per heavy atom. The Hall–Kier alpha value is -2.73. The Morgan fingerprint density at radius 2 is 1.58 bits per heavy atom. The molecule has 0 radical (unpaired) electrons. The molecule has 2 heterocycles. The average molecular weight is 345 g/mol. The molecular weight excluding hydrogens is 332 g/mol. The number of rotatable bonds is 2. The summed E-state index contributed by atoms with van der Waals surface area (Å²) in [6.45, 7) is 3.00. The van der Waals surface area contributed by atoms with Gasteiger partial charge < -0.3 is 9.47 Å². The Bertz CT molecular complexity index is 805. The van der Waals surface area contributed by atoms with Crippen LogP contribution in [0.5, 0.6) is 0 Å². The first-order chi connectivity index (χ1) is 11.3. The first-order valence-electron chi connectivity index (χ1n) is 7.12. The van der Waals surface area contributed by atoms with Gasteiger partial charge in [-0.3, -0.25) is 0 Å². The van der Waals surface area contributed by atoms with Crippen LogP contribution >= 0.6 is 11.6 Å². The van der Waals surface area contributed by atoms with Crippen LogP contribution in [0.25, 0.3) is 17.3 Å². The number of hydrogen-bond acceptors (Lipinski definition) is 6. The van der Waals surface area contributed by atoms with Gasteiger partial charge >= 0.3 is 11.9 Å². The molecule has 24 heavy (non-hydrogen) atoms. The smallest absolute Gasteiger partial charge is 0.348 e. The summed E-state index contributed by atoms with van der Waals surface area (Å²) in [6.07, 6.45) is 1.43. The summed E-state index contributed by atoms with van der Waals surface area (Å²) in [6, 6.07) is 10.5. The van der Waals surface area contributed by atoms with Crippen molar-refractivity contribution in [3.8, 4) is 11.3 Å². The van der Waals surface area contributed by atoms with Gasteiger partial charge in [-0.2, -0.15) is 0 Å². The highest BCUT2D eigenvalue weighted by Crippen LogP contribution is 2.25. The second-order valence-electron chi connectivity index (χ2n) is 5.60. The summed E-state index contributed by atoms with van der Waals surface area (Å²) >= 11 is 5.71. The minimum absolute atomic E-state index is 0.145. The topological polar surface area (TPSA) is 78.4 Å². The predicted octanol–water partition coefficient (Wildman–Crippen LogP) is 3.02. The number of aromatic nitrogens is 2. The summed E-state index contributed by atoms with van der Waals surface area (Å²) < 4.78 is 10.1. The van der Waals surface area contributed by atoms with E-state index in [-0.39, 0.29) is 5.57 Å². The molecule has 1 aromatic heterocycles. The Labute approximate surface area is 143 Å².